The van der Waals surface area contributed by atoms with E-state index in [0.717, 1.165) is 0 Å². The largest absolute Gasteiger partial charge is 0.389 e. The number of aromatic nitrogens is 2. The number of carbonyl (C=O) groups excluding carboxylic acids is 1. The second kappa shape index (κ2) is 5.33. The van der Waals surface area contributed by atoms with E-state index in [0.29, 0.717) is 11.3 Å². The molecular formula is C12H10N4OS. The predicted octanol–water partition coefficient (Wildman–Crippen LogP) is 1.36. The van der Waals surface area contributed by atoms with Crippen molar-refractivity contribution >= 4 is 28.8 Å². The van der Waals surface area contributed by atoms with Gasteiger partial charge in [-0.05, 0) is 12.1 Å². The lowest BCUT2D eigenvalue weighted by molar-refractivity contribution is 0.102. The van der Waals surface area contributed by atoms with Gasteiger partial charge in [0.1, 0.15) is 10.7 Å². The molecule has 0 bridgehead atoms. The van der Waals surface area contributed by atoms with Crippen molar-refractivity contribution < 1.29 is 4.79 Å². The fourth-order valence-corrected chi connectivity index (χ4v) is 1.49. The highest BCUT2D eigenvalue weighted by Gasteiger charge is 2.07. The summed E-state index contributed by atoms with van der Waals surface area (Å²) in [5.41, 5.74) is 7.07. The molecule has 1 heterocycles. The average Bonchev–Trinajstić information content (AvgIpc) is 2.40. The molecule has 0 aliphatic heterocycles. The van der Waals surface area contributed by atoms with Crippen LogP contribution in [0.3, 0.4) is 0 Å². The first-order valence-corrected chi connectivity index (χ1v) is 5.55. The van der Waals surface area contributed by atoms with E-state index in [1.807, 2.05) is 0 Å². The lowest BCUT2D eigenvalue weighted by Gasteiger charge is -2.06. The van der Waals surface area contributed by atoms with Gasteiger partial charge in [-0.1, -0.05) is 24.4 Å². The van der Waals surface area contributed by atoms with Crippen LogP contribution in [0.5, 0.6) is 0 Å². The molecule has 0 saturated heterocycles. The van der Waals surface area contributed by atoms with Crippen LogP contribution in [-0.4, -0.2) is 20.9 Å². The van der Waals surface area contributed by atoms with E-state index >= 15 is 0 Å². The standard InChI is InChI=1S/C12H10N4OS/c13-11(18)8-2-1-3-9(6-8)16-12(17)10-7-14-4-5-15-10/h1-7H,(H2,13,18)(H,16,17). The van der Waals surface area contributed by atoms with Crippen molar-refractivity contribution in [1.82, 2.24) is 9.97 Å². The first kappa shape index (κ1) is 12.1. The smallest absolute Gasteiger partial charge is 0.275 e. The van der Waals surface area contributed by atoms with Crippen molar-refractivity contribution in [3.63, 3.8) is 0 Å². The zero-order valence-corrected chi connectivity index (χ0v) is 10.1. The summed E-state index contributed by atoms with van der Waals surface area (Å²) in [5, 5.41) is 2.70. The average molecular weight is 258 g/mol. The molecule has 2 rings (SSSR count). The highest BCUT2D eigenvalue weighted by Crippen LogP contribution is 2.11. The molecule has 90 valence electrons. The van der Waals surface area contributed by atoms with Crippen LogP contribution in [0.25, 0.3) is 0 Å². The molecule has 0 radical (unpaired) electrons. The molecular weight excluding hydrogens is 248 g/mol. The van der Waals surface area contributed by atoms with Crippen LogP contribution >= 0.6 is 12.2 Å². The minimum absolute atomic E-state index is 0.248. The maximum atomic E-state index is 11.8. The molecule has 0 saturated carbocycles. The van der Waals surface area contributed by atoms with Crippen LogP contribution in [0, 0.1) is 0 Å². The number of anilines is 1. The van der Waals surface area contributed by atoms with Crippen LogP contribution < -0.4 is 11.1 Å². The summed E-state index contributed by atoms with van der Waals surface area (Å²) in [6.45, 7) is 0. The van der Waals surface area contributed by atoms with Gasteiger partial charge in [0.2, 0.25) is 0 Å². The zero-order valence-electron chi connectivity index (χ0n) is 9.33. The molecule has 1 aromatic heterocycles. The van der Waals surface area contributed by atoms with E-state index in [9.17, 15) is 4.79 Å². The minimum atomic E-state index is -0.330. The molecule has 6 heteroatoms. The van der Waals surface area contributed by atoms with E-state index in [2.05, 4.69) is 15.3 Å². The van der Waals surface area contributed by atoms with E-state index in [4.69, 9.17) is 18.0 Å². The minimum Gasteiger partial charge on any atom is -0.389 e. The fourth-order valence-electron chi connectivity index (χ4n) is 1.36. The Morgan fingerprint density at radius 3 is 2.83 bits per heavy atom. The Labute approximate surface area is 109 Å². The third-order valence-electron chi connectivity index (χ3n) is 2.20. The van der Waals surface area contributed by atoms with Crippen molar-refractivity contribution in [3.05, 3.63) is 54.1 Å². The van der Waals surface area contributed by atoms with Crippen molar-refractivity contribution in [1.29, 1.82) is 0 Å². The highest BCUT2D eigenvalue weighted by molar-refractivity contribution is 7.80. The Morgan fingerprint density at radius 1 is 1.33 bits per heavy atom. The van der Waals surface area contributed by atoms with Crippen LogP contribution in [-0.2, 0) is 0 Å². The van der Waals surface area contributed by atoms with Crippen molar-refractivity contribution in [2.45, 2.75) is 0 Å². The molecule has 0 unspecified atom stereocenters. The van der Waals surface area contributed by atoms with Gasteiger partial charge in [0.15, 0.2) is 0 Å². The summed E-state index contributed by atoms with van der Waals surface area (Å²) in [4.78, 5) is 19.8. The van der Waals surface area contributed by atoms with Gasteiger partial charge in [-0.2, -0.15) is 0 Å². The summed E-state index contributed by atoms with van der Waals surface area (Å²) in [5.74, 6) is -0.330. The number of rotatable bonds is 3. The van der Waals surface area contributed by atoms with E-state index in [1.54, 1.807) is 24.3 Å². The predicted molar refractivity (Wildman–Crippen MR) is 72.3 cm³/mol. The molecule has 0 aliphatic carbocycles. The quantitative estimate of drug-likeness (QED) is 0.812. The number of hydrogen-bond donors (Lipinski definition) is 2. The molecule has 1 aromatic carbocycles. The molecule has 0 atom stereocenters. The SMILES string of the molecule is NC(=S)c1cccc(NC(=O)c2cnccn2)c1. The van der Waals surface area contributed by atoms with Crippen LogP contribution in [0.1, 0.15) is 16.1 Å². The van der Waals surface area contributed by atoms with Crippen molar-refractivity contribution in [2.75, 3.05) is 5.32 Å². The first-order valence-electron chi connectivity index (χ1n) is 5.14. The van der Waals surface area contributed by atoms with Gasteiger partial charge in [0.05, 0.1) is 6.20 Å². The summed E-state index contributed by atoms with van der Waals surface area (Å²) in [6.07, 6.45) is 4.36. The van der Waals surface area contributed by atoms with E-state index < -0.39 is 0 Å². The molecule has 5 nitrogen and oxygen atoms in total. The van der Waals surface area contributed by atoms with Gasteiger partial charge in [0.25, 0.3) is 5.91 Å². The molecule has 0 aliphatic rings. The molecule has 0 fully saturated rings. The zero-order chi connectivity index (χ0) is 13.0. The Kier molecular flexibility index (Phi) is 3.59. The summed E-state index contributed by atoms with van der Waals surface area (Å²) >= 11 is 4.87. The molecule has 0 spiro atoms. The van der Waals surface area contributed by atoms with Gasteiger partial charge in [-0.15, -0.1) is 0 Å². The lowest BCUT2D eigenvalue weighted by Crippen LogP contribution is -2.15. The van der Waals surface area contributed by atoms with Crippen molar-refractivity contribution in [3.8, 4) is 0 Å². The van der Waals surface area contributed by atoms with Crippen LogP contribution in [0.2, 0.25) is 0 Å². The lowest BCUT2D eigenvalue weighted by atomic mass is 10.2. The Morgan fingerprint density at radius 2 is 2.17 bits per heavy atom. The Bertz CT molecular complexity index is 586. The van der Waals surface area contributed by atoms with Gasteiger partial charge in [-0.25, -0.2) is 4.98 Å². The van der Waals surface area contributed by atoms with E-state index in [-0.39, 0.29) is 16.6 Å². The fraction of sp³-hybridized carbons (Fsp3) is 0. The number of nitrogens with zero attached hydrogens (tertiary/aromatic N) is 2. The second-order valence-electron chi connectivity index (χ2n) is 3.49. The number of nitrogens with two attached hydrogens (primary N) is 1. The van der Waals surface area contributed by atoms with Gasteiger partial charge >= 0.3 is 0 Å². The number of hydrogen-bond acceptors (Lipinski definition) is 4. The van der Waals surface area contributed by atoms with Crippen LogP contribution in [0.15, 0.2) is 42.9 Å². The molecule has 1 amide bonds. The summed E-state index contributed by atoms with van der Waals surface area (Å²) < 4.78 is 0. The highest BCUT2D eigenvalue weighted by atomic mass is 32.1. The number of amides is 1. The third-order valence-corrected chi connectivity index (χ3v) is 2.44. The summed E-state index contributed by atoms with van der Waals surface area (Å²) in [7, 11) is 0. The van der Waals surface area contributed by atoms with Gasteiger partial charge in [0, 0.05) is 23.6 Å². The summed E-state index contributed by atoms with van der Waals surface area (Å²) in [6, 6.07) is 6.99. The first-order chi connectivity index (χ1) is 8.66. The third kappa shape index (κ3) is 2.86. The number of nitrogens with one attached hydrogen (secondary N) is 1. The Balaban J connectivity index is 2.17. The normalized spacial score (nSPS) is 9.78. The molecule has 3 N–H and O–H groups in total. The maximum Gasteiger partial charge on any atom is 0.275 e. The maximum absolute atomic E-state index is 11.8. The second-order valence-corrected chi connectivity index (χ2v) is 3.93. The monoisotopic (exact) mass is 258 g/mol. The van der Waals surface area contributed by atoms with Crippen LogP contribution in [0.4, 0.5) is 5.69 Å². The van der Waals surface area contributed by atoms with Gasteiger partial charge in [-0.3, -0.25) is 9.78 Å². The topological polar surface area (TPSA) is 80.9 Å². The number of thiocarbonyl (C=S) groups is 1. The molecule has 18 heavy (non-hydrogen) atoms. The Hall–Kier alpha value is -2.34. The number of carbonyl (C=O) groups is 1. The van der Waals surface area contributed by atoms with E-state index in [1.165, 1.54) is 18.6 Å². The van der Waals surface area contributed by atoms with Gasteiger partial charge < -0.3 is 11.1 Å². The van der Waals surface area contributed by atoms with Crippen molar-refractivity contribution in [2.24, 2.45) is 5.73 Å². The molecule has 2 aromatic rings. The number of benzene rings is 1.